The predicted octanol–water partition coefficient (Wildman–Crippen LogP) is 3.08. The number of ether oxygens (including phenoxy) is 1. The summed E-state index contributed by atoms with van der Waals surface area (Å²) in [6.45, 7) is 3.63. The van der Waals surface area contributed by atoms with E-state index in [1.807, 2.05) is 36.4 Å². The third-order valence-electron chi connectivity index (χ3n) is 3.48. The smallest absolute Gasteiger partial charge is 0.328 e. The number of hydrogen-bond acceptors (Lipinski definition) is 3. The molecule has 4 heteroatoms. The normalized spacial score (nSPS) is 11.7. The molecule has 2 aromatic rings. The third kappa shape index (κ3) is 3.52. The molecule has 0 unspecified atom stereocenters. The van der Waals surface area contributed by atoms with Crippen molar-refractivity contribution in [3.05, 3.63) is 60.7 Å². The largest absolute Gasteiger partial charge is 0.467 e. The van der Waals surface area contributed by atoms with Crippen molar-refractivity contribution in [1.29, 1.82) is 0 Å². The Labute approximate surface area is 129 Å². The van der Waals surface area contributed by atoms with Gasteiger partial charge in [0.25, 0.3) is 5.91 Å². The highest BCUT2D eigenvalue weighted by Crippen LogP contribution is 2.18. The van der Waals surface area contributed by atoms with Crippen LogP contribution in [-0.2, 0) is 9.53 Å². The van der Waals surface area contributed by atoms with Crippen LogP contribution in [0.3, 0.4) is 0 Å². The van der Waals surface area contributed by atoms with Crippen molar-refractivity contribution in [2.75, 3.05) is 7.11 Å². The minimum absolute atomic E-state index is 0.281. The van der Waals surface area contributed by atoms with Gasteiger partial charge in [-0.25, -0.2) is 4.79 Å². The van der Waals surface area contributed by atoms with Gasteiger partial charge in [-0.3, -0.25) is 4.79 Å². The first-order valence-corrected chi connectivity index (χ1v) is 7.14. The number of allylic oxidation sites excluding steroid dienone is 1. The molecular formula is C18H19NO3. The number of nitrogens with one attached hydrogen (secondary N) is 1. The standard InChI is InChI=1S/C18H19NO3/c1-3-4-12-16(18(21)22-2)19-17(20)15-11-7-9-13-8-5-6-10-14(13)15/h3,5-11,16H,1,4,12H2,2H3,(H,19,20)/t16-/m1/s1. The number of carbonyl (C=O) groups is 2. The van der Waals surface area contributed by atoms with Crippen molar-refractivity contribution in [2.45, 2.75) is 18.9 Å². The summed E-state index contributed by atoms with van der Waals surface area (Å²) in [6, 6.07) is 12.5. The summed E-state index contributed by atoms with van der Waals surface area (Å²) in [5.74, 6) is -0.730. The lowest BCUT2D eigenvalue weighted by Crippen LogP contribution is -2.41. The number of fused-ring (bicyclic) bond motifs is 1. The number of methoxy groups -OCH3 is 1. The molecule has 2 aromatic carbocycles. The van der Waals surface area contributed by atoms with E-state index in [-0.39, 0.29) is 5.91 Å². The first-order valence-electron chi connectivity index (χ1n) is 7.14. The van der Waals surface area contributed by atoms with Gasteiger partial charge < -0.3 is 10.1 Å². The molecule has 0 radical (unpaired) electrons. The van der Waals surface area contributed by atoms with Crippen molar-refractivity contribution in [3.8, 4) is 0 Å². The zero-order valence-corrected chi connectivity index (χ0v) is 12.5. The minimum Gasteiger partial charge on any atom is -0.467 e. The van der Waals surface area contributed by atoms with Gasteiger partial charge in [-0.05, 0) is 29.7 Å². The van der Waals surface area contributed by atoms with Gasteiger partial charge in [0.15, 0.2) is 0 Å². The molecule has 1 N–H and O–H groups in total. The maximum absolute atomic E-state index is 12.5. The second kappa shape index (κ2) is 7.41. The van der Waals surface area contributed by atoms with E-state index >= 15 is 0 Å². The molecular weight excluding hydrogens is 278 g/mol. The molecule has 0 bridgehead atoms. The molecule has 0 aliphatic rings. The second-order valence-corrected chi connectivity index (χ2v) is 4.94. The number of rotatable bonds is 6. The Morgan fingerprint density at radius 2 is 1.95 bits per heavy atom. The van der Waals surface area contributed by atoms with E-state index in [2.05, 4.69) is 11.9 Å². The van der Waals surface area contributed by atoms with Crippen molar-refractivity contribution in [2.24, 2.45) is 0 Å². The number of esters is 1. The molecule has 0 heterocycles. The predicted molar refractivity (Wildman–Crippen MR) is 86.6 cm³/mol. The highest BCUT2D eigenvalue weighted by molar-refractivity contribution is 6.07. The second-order valence-electron chi connectivity index (χ2n) is 4.94. The van der Waals surface area contributed by atoms with E-state index in [1.165, 1.54) is 7.11 Å². The number of hydrogen-bond donors (Lipinski definition) is 1. The molecule has 114 valence electrons. The molecule has 0 aliphatic heterocycles. The summed E-state index contributed by atoms with van der Waals surface area (Å²) in [6.07, 6.45) is 2.79. The van der Waals surface area contributed by atoms with Crippen molar-refractivity contribution >= 4 is 22.6 Å². The van der Waals surface area contributed by atoms with Crippen LogP contribution in [-0.4, -0.2) is 25.0 Å². The lowest BCUT2D eigenvalue weighted by Gasteiger charge is -2.16. The van der Waals surface area contributed by atoms with Gasteiger partial charge in [0, 0.05) is 5.56 Å². The van der Waals surface area contributed by atoms with E-state index in [1.54, 1.807) is 12.1 Å². The van der Waals surface area contributed by atoms with Crippen LogP contribution >= 0.6 is 0 Å². The van der Waals surface area contributed by atoms with Crippen LogP contribution in [0.2, 0.25) is 0 Å². The molecule has 0 saturated heterocycles. The summed E-state index contributed by atoms with van der Waals surface area (Å²) in [5.41, 5.74) is 0.547. The fourth-order valence-electron chi connectivity index (χ4n) is 2.34. The van der Waals surface area contributed by atoms with Gasteiger partial charge in [0.05, 0.1) is 7.11 Å². The fraction of sp³-hybridized carbons (Fsp3) is 0.222. The molecule has 0 spiro atoms. The molecule has 0 fully saturated rings. The number of amides is 1. The van der Waals surface area contributed by atoms with Gasteiger partial charge in [-0.15, -0.1) is 6.58 Å². The summed E-state index contributed by atoms with van der Waals surface area (Å²) >= 11 is 0. The van der Waals surface area contributed by atoms with Gasteiger partial charge >= 0.3 is 5.97 Å². The quantitative estimate of drug-likeness (QED) is 0.658. The van der Waals surface area contributed by atoms with Gasteiger partial charge in [-0.2, -0.15) is 0 Å². The van der Waals surface area contributed by atoms with Crippen molar-refractivity contribution < 1.29 is 14.3 Å². The third-order valence-corrected chi connectivity index (χ3v) is 3.48. The summed E-state index contributed by atoms with van der Waals surface area (Å²) in [5, 5.41) is 4.59. The average molecular weight is 297 g/mol. The first-order chi connectivity index (χ1) is 10.7. The summed E-state index contributed by atoms with van der Waals surface area (Å²) < 4.78 is 4.75. The zero-order chi connectivity index (χ0) is 15.9. The molecule has 0 aliphatic carbocycles. The van der Waals surface area contributed by atoms with Gasteiger partial charge in [0.2, 0.25) is 0 Å². The van der Waals surface area contributed by atoms with Gasteiger partial charge in [0.1, 0.15) is 6.04 Å². The molecule has 2 rings (SSSR count). The number of benzene rings is 2. The van der Waals surface area contributed by atoms with Gasteiger partial charge in [-0.1, -0.05) is 42.5 Å². The molecule has 0 saturated carbocycles. The fourth-order valence-corrected chi connectivity index (χ4v) is 2.34. The van der Waals surface area contributed by atoms with Crippen LogP contribution in [0.15, 0.2) is 55.1 Å². The topological polar surface area (TPSA) is 55.4 Å². The Morgan fingerprint density at radius 1 is 1.23 bits per heavy atom. The maximum atomic E-state index is 12.5. The van der Waals surface area contributed by atoms with Crippen LogP contribution in [0.25, 0.3) is 10.8 Å². The molecule has 0 aromatic heterocycles. The monoisotopic (exact) mass is 297 g/mol. The van der Waals surface area contributed by atoms with E-state index in [0.717, 1.165) is 10.8 Å². The van der Waals surface area contributed by atoms with Crippen LogP contribution in [0, 0.1) is 0 Å². The van der Waals surface area contributed by atoms with Crippen LogP contribution < -0.4 is 5.32 Å². The zero-order valence-electron chi connectivity index (χ0n) is 12.5. The van der Waals surface area contributed by atoms with E-state index in [9.17, 15) is 9.59 Å². The van der Waals surface area contributed by atoms with Crippen molar-refractivity contribution in [3.63, 3.8) is 0 Å². The Balaban J connectivity index is 2.25. The van der Waals surface area contributed by atoms with E-state index in [4.69, 9.17) is 4.74 Å². The molecule has 22 heavy (non-hydrogen) atoms. The molecule has 4 nitrogen and oxygen atoms in total. The first kappa shape index (κ1) is 15.8. The SMILES string of the molecule is C=CCC[C@@H](NC(=O)c1cccc2ccccc12)C(=O)OC. The van der Waals surface area contributed by atoms with Crippen LogP contribution in [0.5, 0.6) is 0 Å². The van der Waals surface area contributed by atoms with Crippen LogP contribution in [0.1, 0.15) is 23.2 Å². The minimum atomic E-state index is -0.672. The Bertz CT molecular complexity index is 688. The Kier molecular flexibility index (Phi) is 5.31. The lowest BCUT2D eigenvalue weighted by molar-refractivity contribution is -0.143. The maximum Gasteiger partial charge on any atom is 0.328 e. The Hall–Kier alpha value is -2.62. The van der Waals surface area contributed by atoms with E-state index < -0.39 is 12.0 Å². The summed E-state index contributed by atoms with van der Waals surface area (Å²) in [4.78, 5) is 24.3. The van der Waals surface area contributed by atoms with Crippen LogP contribution in [0.4, 0.5) is 0 Å². The highest BCUT2D eigenvalue weighted by atomic mass is 16.5. The Morgan fingerprint density at radius 3 is 2.68 bits per heavy atom. The average Bonchev–Trinajstić information content (AvgIpc) is 2.57. The number of carbonyl (C=O) groups excluding carboxylic acids is 2. The summed E-state index contributed by atoms with van der Waals surface area (Å²) in [7, 11) is 1.31. The molecule has 1 atom stereocenters. The highest BCUT2D eigenvalue weighted by Gasteiger charge is 2.22. The van der Waals surface area contributed by atoms with Crippen molar-refractivity contribution in [1.82, 2.24) is 5.32 Å². The molecule has 1 amide bonds. The lowest BCUT2D eigenvalue weighted by atomic mass is 10.0. The van der Waals surface area contributed by atoms with E-state index in [0.29, 0.717) is 18.4 Å².